The molecule has 2 rings (SSSR count). The minimum absolute atomic E-state index is 0.0993. The average molecular weight is 389 g/mol. The van der Waals surface area contributed by atoms with Crippen molar-refractivity contribution in [1.29, 1.82) is 0 Å². The second-order valence-electron chi connectivity index (χ2n) is 7.40. The summed E-state index contributed by atoms with van der Waals surface area (Å²) in [6.07, 6.45) is 0.134. The molecule has 0 spiro atoms. The Morgan fingerprint density at radius 1 is 1.29 bits per heavy atom. The van der Waals surface area contributed by atoms with Gasteiger partial charge in [-0.2, -0.15) is 4.98 Å². The highest BCUT2D eigenvalue weighted by atomic mass is 16.5. The van der Waals surface area contributed by atoms with E-state index < -0.39 is 11.5 Å². The number of benzene rings is 1. The predicted octanol–water partition coefficient (Wildman–Crippen LogP) is 2.79. The minimum Gasteiger partial charge on any atom is -0.481 e. The third-order valence-electron chi connectivity index (χ3n) is 4.32. The zero-order chi connectivity index (χ0) is 20.7. The van der Waals surface area contributed by atoms with Crippen LogP contribution in [0.3, 0.4) is 0 Å². The lowest BCUT2D eigenvalue weighted by atomic mass is 9.98. The number of ether oxygens (including phenoxy) is 1. The van der Waals surface area contributed by atoms with Gasteiger partial charge in [0.05, 0.1) is 18.6 Å². The summed E-state index contributed by atoms with van der Waals surface area (Å²) < 4.78 is 10.3. The fourth-order valence-corrected chi connectivity index (χ4v) is 2.89. The predicted molar refractivity (Wildman–Crippen MR) is 103 cm³/mol. The first-order valence-corrected chi connectivity index (χ1v) is 9.17. The molecule has 2 N–H and O–H groups in total. The lowest BCUT2D eigenvalue weighted by molar-refractivity contribution is -0.139. The van der Waals surface area contributed by atoms with Gasteiger partial charge in [0.25, 0.3) is 0 Å². The molecule has 0 bridgehead atoms. The van der Waals surface area contributed by atoms with Crippen molar-refractivity contribution >= 4 is 11.9 Å². The Kier molecular flexibility index (Phi) is 7.28. The van der Waals surface area contributed by atoms with Crippen LogP contribution in [0.15, 0.2) is 28.8 Å². The molecular formula is C20H27N3O5. The molecule has 0 aliphatic carbocycles. The first kappa shape index (κ1) is 21.6. The van der Waals surface area contributed by atoms with Gasteiger partial charge in [-0.15, -0.1) is 0 Å². The van der Waals surface area contributed by atoms with Crippen LogP contribution < -0.4 is 5.32 Å². The van der Waals surface area contributed by atoms with Crippen molar-refractivity contribution in [3.8, 4) is 11.4 Å². The second-order valence-corrected chi connectivity index (χ2v) is 7.40. The lowest BCUT2D eigenvalue weighted by Gasteiger charge is -2.28. The summed E-state index contributed by atoms with van der Waals surface area (Å²) in [5, 5.41) is 15.7. The molecule has 1 aromatic carbocycles. The van der Waals surface area contributed by atoms with Gasteiger partial charge in [-0.25, -0.2) is 0 Å². The molecule has 1 heterocycles. The zero-order valence-corrected chi connectivity index (χ0v) is 16.7. The van der Waals surface area contributed by atoms with Gasteiger partial charge in [-0.1, -0.05) is 43.3 Å². The number of nitrogens with zero attached hydrogens (tertiary/aromatic N) is 2. The molecule has 28 heavy (non-hydrogen) atoms. The summed E-state index contributed by atoms with van der Waals surface area (Å²) >= 11 is 0. The van der Waals surface area contributed by atoms with Crippen molar-refractivity contribution in [2.45, 2.75) is 51.5 Å². The number of carbonyl (C=O) groups is 2. The maximum Gasteiger partial charge on any atom is 0.305 e. The van der Waals surface area contributed by atoms with Crippen molar-refractivity contribution in [1.82, 2.24) is 15.5 Å². The van der Waals surface area contributed by atoms with E-state index in [0.717, 1.165) is 5.56 Å². The van der Waals surface area contributed by atoms with E-state index in [0.29, 0.717) is 17.6 Å². The van der Waals surface area contributed by atoms with E-state index in [2.05, 4.69) is 29.3 Å². The maximum absolute atomic E-state index is 12.2. The van der Waals surface area contributed by atoms with Crippen molar-refractivity contribution < 1.29 is 24.0 Å². The minimum atomic E-state index is -1.01. The largest absolute Gasteiger partial charge is 0.481 e. The van der Waals surface area contributed by atoms with Crippen LogP contribution in [0.2, 0.25) is 0 Å². The number of hydrogen-bond acceptors (Lipinski definition) is 6. The summed E-state index contributed by atoms with van der Waals surface area (Å²) in [4.78, 5) is 27.6. The maximum atomic E-state index is 12.2. The highest BCUT2D eigenvalue weighted by molar-refractivity contribution is 5.78. The van der Waals surface area contributed by atoms with E-state index in [1.54, 1.807) is 6.92 Å². The molecule has 0 radical (unpaired) electrons. The number of carboxylic acid groups (broad SMARTS) is 1. The Balaban J connectivity index is 1.94. The Hall–Kier alpha value is -2.74. The highest BCUT2D eigenvalue weighted by Gasteiger charge is 2.29. The number of nitrogens with one attached hydrogen (secondary N) is 1. The normalized spacial score (nSPS) is 13.3. The Bertz CT molecular complexity index is 800. The Morgan fingerprint density at radius 3 is 2.54 bits per heavy atom. The van der Waals surface area contributed by atoms with E-state index in [-0.39, 0.29) is 31.8 Å². The molecule has 8 nitrogen and oxygen atoms in total. The average Bonchev–Trinajstić information content (AvgIpc) is 3.08. The van der Waals surface area contributed by atoms with Gasteiger partial charge in [0.15, 0.2) is 0 Å². The molecule has 8 heteroatoms. The SMILES string of the molecule is COCC(C)(CC(=O)O)NC(=O)CCc1nc(-c2ccc(C(C)C)cc2)no1. The van der Waals surface area contributed by atoms with Crippen molar-refractivity contribution in [2.75, 3.05) is 13.7 Å². The van der Waals surface area contributed by atoms with Crippen LogP contribution in [0.5, 0.6) is 0 Å². The number of carbonyl (C=O) groups excluding carboxylic acids is 1. The van der Waals surface area contributed by atoms with Gasteiger partial charge >= 0.3 is 5.97 Å². The number of methoxy groups -OCH3 is 1. The van der Waals surface area contributed by atoms with E-state index >= 15 is 0 Å². The van der Waals surface area contributed by atoms with Crippen LogP contribution in [0, 0.1) is 0 Å². The molecule has 1 atom stereocenters. The van der Waals surface area contributed by atoms with Gasteiger partial charge in [-0.3, -0.25) is 9.59 Å². The molecule has 0 aliphatic heterocycles. The van der Waals surface area contributed by atoms with Crippen LogP contribution in [-0.4, -0.2) is 46.4 Å². The number of amides is 1. The monoisotopic (exact) mass is 389 g/mol. The first-order valence-electron chi connectivity index (χ1n) is 9.17. The molecule has 1 amide bonds. The van der Waals surface area contributed by atoms with Gasteiger partial charge in [0.1, 0.15) is 0 Å². The summed E-state index contributed by atoms with van der Waals surface area (Å²) in [6.45, 7) is 5.98. The molecule has 152 valence electrons. The van der Waals surface area contributed by atoms with Crippen molar-refractivity contribution in [3.63, 3.8) is 0 Å². The van der Waals surface area contributed by atoms with Crippen LogP contribution in [0.4, 0.5) is 0 Å². The molecule has 1 aromatic heterocycles. The van der Waals surface area contributed by atoms with Gasteiger partial charge < -0.3 is 19.7 Å². The van der Waals surface area contributed by atoms with E-state index in [1.165, 1.54) is 12.7 Å². The van der Waals surface area contributed by atoms with Crippen LogP contribution in [0.25, 0.3) is 11.4 Å². The lowest BCUT2D eigenvalue weighted by Crippen LogP contribution is -2.50. The van der Waals surface area contributed by atoms with Crippen molar-refractivity contribution in [2.24, 2.45) is 0 Å². The molecule has 0 saturated carbocycles. The number of aliphatic carboxylic acids is 1. The number of rotatable bonds is 10. The third-order valence-corrected chi connectivity index (χ3v) is 4.32. The van der Waals surface area contributed by atoms with Crippen LogP contribution >= 0.6 is 0 Å². The zero-order valence-electron chi connectivity index (χ0n) is 16.7. The first-order chi connectivity index (χ1) is 13.2. The number of carboxylic acids is 1. The number of hydrogen-bond donors (Lipinski definition) is 2. The Labute approximate surface area is 164 Å². The van der Waals surface area contributed by atoms with Gasteiger partial charge in [-0.05, 0) is 18.4 Å². The van der Waals surface area contributed by atoms with E-state index in [9.17, 15) is 9.59 Å². The molecular weight excluding hydrogens is 362 g/mol. The molecule has 0 saturated heterocycles. The summed E-state index contributed by atoms with van der Waals surface area (Å²) in [5.74, 6) is -0.0457. The Morgan fingerprint density at radius 2 is 1.96 bits per heavy atom. The summed E-state index contributed by atoms with van der Waals surface area (Å²) in [5.41, 5.74) is 1.10. The van der Waals surface area contributed by atoms with Crippen molar-refractivity contribution in [3.05, 3.63) is 35.7 Å². The number of aryl methyl sites for hydroxylation is 1. The molecule has 1 unspecified atom stereocenters. The molecule has 0 fully saturated rings. The molecule has 2 aromatic rings. The molecule has 0 aliphatic rings. The summed E-state index contributed by atoms with van der Waals surface area (Å²) in [7, 11) is 1.46. The van der Waals surface area contributed by atoms with E-state index in [1.807, 2.05) is 24.3 Å². The topological polar surface area (TPSA) is 115 Å². The summed E-state index contributed by atoms with van der Waals surface area (Å²) in [6, 6.07) is 7.95. The number of aromatic nitrogens is 2. The second kappa shape index (κ2) is 9.45. The van der Waals surface area contributed by atoms with Gasteiger partial charge in [0.2, 0.25) is 17.6 Å². The quantitative estimate of drug-likeness (QED) is 0.642. The van der Waals surface area contributed by atoms with Crippen LogP contribution in [0.1, 0.15) is 51.0 Å². The fourth-order valence-electron chi connectivity index (χ4n) is 2.89. The van der Waals surface area contributed by atoms with Gasteiger partial charge in [0, 0.05) is 25.5 Å². The standard InChI is InChI=1S/C20H27N3O5/c1-13(2)14-5-7-15(8-6-14)19-21-17(28-23-19)10-9-16(24)22-20(3,12-27-4)11-18(25)26/h5-8,13H,9-12H2,1-4H3,(H,22,24)(H,25,26). The smallest absolute Gasteiger partial charge is 0.305 e. The van der Waals surface area contributed by atoms with Crippen LogP contribution in [-0.2, 0) is 20.7 Å². The van der Waals surface area contributed by atoms with E-state index in [4.69, 9.17) is 14.4 Å². The highest BCUT2D eigenvalue weighted by Crippen LogP contribution is 2.21. The third kappa shape index (κ3) is 6.16. The fraction of sp³-hybridized carbons (Fsp3) is 0.500.